The van der Waals surface area contributed by atoms with Crippen LogP contribution >= 0.6 is 11.8 Å². The van der Waals surface area contributed by atoms with Gasteiger partial charge in [0.25, 0.3) is 0 Å². The number of unbranched alkanes of at least 4 members (excludes halogenated alkanes) is 9. The fourth-order valence-corrected chi connectivity index (χ4v) is 4.50. The highest BCUT2D eigenvalue weighted by Gasteiger charge is 2.16. The maximum absolute atomic E-state index is 2.36. The molecule has 0 saturated heterocycles. The van der Waals surface area contributed by atoms with Gasteiger partial charge in [-0.3, -0.25) is 9.48 Å². The molecule has 28 heavy (non-hydrogen) atoms. The van der Waals surface area contributed by atoms with E-state index in [1.807, 2.05) is 11.8 Å². The Bertz CT molecular complexity index is 541. The zero-order valence-corrected chi connectivity index (χ0v) is 20.5. The van der Waals surface area contributed by atoms with Crippen molar-refractivity contribution >= 4 is 16.9 Å². The molecule has 4 heteroatoms. The minimum absolute atomic E-state index is 0. The molecule has 1 aromatic rings. The van der Waals surface area contributed by atoms with E-state index in [1.54, 1.807) is 0 Å². The second kappa shape index (κ2) is 17.2. The molecule has 0 fully saturated rings. The van der Waals surface area contributed by atoms with Crippen molar-refractivity contribution in [2.24, 2.45) is 0 Å². The Hall–Kier alpha value is -0.670. The fraction of sp³-hybridized carbons (Fsp3) is 0.708. The number of amidine groups is 1. The zero-order valence-electron chi connectivity index (χ0n) is 19.0. The third kappa shape index (κ3) is 11.4. The summed E-state index contributed by atoms with van der Waals surface area (Å²) < 4.78 is 2.20. The van der Waals surface area contributed by atoms with Crippen molar-refractivity contribution in [3.8, 4) is 0 Å². The Morgan fingerprint density at radius 1 is 0.857 bits per heavy atom. The molecule has 0 aliphatic heterocycles. The summed E-state index contributed by atoms with van der Waals surface area (Å²) in [5, 5.41) is 1.31. The Morgan fingerprint density at radius 3 is 1.86 bits per heavy atom. The van der Waals surface area contributed by atoms with Crippen LogP contribution in [0.5, 0.6) is 0 Å². The summed E-state index contributed by atoms with van der Waals surface area (Å²) in [6.45, 7) is 3.28. The normalized spacial score (nSPS) is 10.5. The molecule has 0 N–H and O–H groups in total. The van der Waals surface area contributed by atoms with Crippen LogP contribution in [0.25, 0.3) is 0 Å². The lowest BCUT2D eigenvalue weighted by atomic mass is 10.00. The molecule has 0 atom stereocenters. The molecule has 162 valence electrons. The lowest BCUT2D eigenvalue weighted by Crippen LogP contribution is -3.00. The summed E-state index contributed by atoms with van der Waals surface area (Å²) >= 11 is 1.81. The number of hydrogen-bond acceptors (Lipinski definition) is 1. The molecule has 0 aliphatic carbocycles. The molecular formula is C24H43ClN2S. The van der Waals surface area contributed by atoms with Gasteiger partial charge in [-0.05, 0) is 42.0 Å². The number of hydrogen-bond donors (Lipinski definition) is 0. The smallest absolute Gasteiger partial charge is 0.307 e. The van der Waals surface area contributed by atoms with Gasteiger partial charge in [0, 0.05) is 0 Å². The maximum Gasteiger partial charge on any atom is 0.307 e. The Balaban J connectivity index is 0.00000729. The minimum Gasteiger partial charge on any atom is -1.00 e. The second-order valence-electron chi connectivity index (χ2n) is 7.94. The summed E-state index contributed by atoms with van der Waals surface area (Å²) in [5.41, 5.74) is 3.01. The number of benzene rings is 1. The third-order valence-electron chi connectivity index (χ3n) is 5.22. The van der Waals surface area contributed by atoms with Crippen LogP contribution in [-0.4, -0.2) is 42.0 Å². The average Bonchev–Trinajstić information content (AvgIpc) is 2.64. The van der Waals surface area contributed by atoms with E-state index in [0.717, 1.165) is 6.54 Å². The van der Waals surface area contributed by atoms with Gasteiger partial charge in [0.05, 0.1) is 21.1 Å². The second-order valence-corrected chi connectivity index (χ2v) is 8.71. The van der Waals surface area contributed by atoms with Crippen molar-refractivity contribution in [2.75, 3.05) is 27.4 Å². The van der Waals surface area contributed by atoms with Gasteiger partial charge in [-0.25, -0.2) is 0 Å². The van der Waals surface area contributed by atoms with Gasteiger partial charge in [-0.2, -0.15) is 0 Å². The molecule has 0 aliphatic rings. The number of aryl methyl sites for hydroxylation is 1. The first-order valence-electron chi connectivity index (χ1n) is 11.0. The topological polar surface area (TPSA) is 6.25 Å². The molecule has 0 saturated carbocycles. The molecule has 0 unspecified atom stereocenters. The van der Waals surface area contributed by atoms with E-state index < -0.39 is 0 Å². The van der Waals surface area contributed by atoms with E-state index in [9.17, 15) is 0 Å². The Morgan fingerprint density at radius 2 is 1.36 bits per heavy atom. The molecule has 2 nitrogen and oxygen atoms in total. The predicted octanol–water partition coefficient (Wildman–Crippen LogP) is 3.58. The standard InChI is InChI=1S/C24H43N2S.ClH/c1-6-7-8-9-10-11-12-13-14-15-18-22-19-16-17-20-23(22)21-26(4)24(27-5)25(2)3;/h16-17,19-20H,6-15,18,21H2,1-5H3;1H/q+1;/p-1. The molecule has 0 amide bonds. The van der Waals surface area contributed by atoms with E-state index in [4.69, 9.17) is 0 Å². The fourth-order valence-electron chi connectivity index (χ4n) is 3.76. The molecule has 0 bridgehead atoms. The van der Waals surface area contributed by atoms with E-state index >= 15 is 0 Å². The van der Waals surface area contributed by atoms with Crippen LogP contribution in [-0.2, 0) is 13.0 Å². The van der Waals surface area contributed by atoms with Gasteiger partial charge in [0.1, 0.15) is 6.54 Å². The SMILES string of the molecule is CCCCCCCCCCCCc1ccccc1CN(C)C(SC)=[N+](C)C.[Cl-]. The van der Waals surface area contributed by atoms with Crippen LogP contribution in [0.3, 0.4) is 0 Å². The summed E-state index contributed by atoms with van der Waals surface area (Å²) in [7, 11) is 6.44. The quantitative estimate of drug-likeness (QED) is 0.206. The van der Waals surface area contributed by atoms with Crippen LogP contribution in [0.4, 0.5) is 0 Å². The van der Waals surface area contributed by atoms with E-state index in [2.05, 4.69) is 68.1 Å². The number of rotatable bonds is 13. The molecule has 0 heterocycles. The molecule has 1 aromatic carbocycles. The lowest BCUT2D eigenvalue weighted by Gasteiger charge is -2.16. The molecule has 1 rings (SSSR count). The largest absolute Gasteiger partial charge is 1.00 e. The first kappa shape index (κ1) is 27.3. The van der Waals surface area contributed by atoms with Gasteiger partial charge in [0.2, 0.25) is 0 Å². The van der Waals surface area contributed by atoms with Crippen molar-refractivity contribution in [1.29, 1.82) is 0 Å². The van der Waals surface area contributed by atoms with Gasteiger partial charge in [-0.1, -0.05) is 89.0 Å². The van der Waals surface area contributed by atoms with E-state index in [1.165, 1.54) is 86.9 Å². The highest BCUT2D eigenvalue weighted by atomic mass is 35.5. The van der Waals surface area contributed by atoms with Crippen molar-refractivity contribution in [2.45, 2.75) is 84.1 Å². The number of halogens is 1. The number of thioether (sulfide) groups is 1. The van der Waals surface area contributed by atoms with Crippen molar-refractivity contribution in [3.05, 3.63) is 35.4 Å². The molecular weight excluding hydrogens is 384 g/mol. The summed E-state index contributed by atoms with van der Waals surface area (Å²) in [4.78, 5) is 2.36. The Labute approximate surface area is 185 Å². The van der Waals surface area contributed by atoms with Gasteiger partial charge >= 0.3 is 5.17 Å². The van der Waals surface area contributed by atoms with Gasteiger partial charge < -0.3 is 12.4 Å². The predicted molar refractivity (Wildman–Crippen MR) is 124 cm³/mol. The van der Waals surface area contributed by atoms with E-state index in [0.29, 0.717) is 0 Å². The zero-order chi connectivity index (χ0) is 19.9. The van der Waals surface area contributed by atoms with Gasteiger partial charge in [0.15, 0.2) is 0 Å². The summed E-state index contributed by atoms with van der Waals surface area (Å²) in [6.07, 6.45) is 17.4. The molecule has 0 radical (unpaired) electrons. The minimum atomic E-state index is 0. The highest BCUT2D eigenvalue weighted by Crippen LogP contribution is 2.17. The van der Waals surface area contributed by atoms with Crippen molar-refractivity contribution < 1.29 is 17.0 Å². The van der Waals surface area contributed by atoms with Crippen LogP contribution < -0.4 is 12.4 Å². The lowest BCUT2D eigenvalue weighted by molar-refractivity contribution is -0.466. The third-order valence-corrected chi connectivity index (χ3v) is 6.26. The van der Waals surface area contributed by atoms with Crippen molar-refractivity contribution in [1.82, 2.24) is 4.90 Å². The van der Waals surface area contributed by atoms with Gasteiger partial charge in [-0.15, -0.1) is 0 Å². The number of nitrogens with zero attached hydrogens (tertiary/aromatic N) is 2. The highest BCUT2D eigenvalue weighted by molar-refractivity contribution is 8.12. The summed E-state index contributed by atoms with van der Waals surface area (Å²) in [5.74, 6) is 0. The van der Waals surface area contributed by atoms with Crippen LogP contribution in [0.2, 0.25) is 0 Å². The molecule has 0 aromatic heterocycles. The van der Waals surface area contributed by atoms with Crippen LogP contribution in [0.1, 0.15) is 82.3 Å². The first-order valence-corrected chi connectivity index (χ1v) is 12.2. The summed E-state index contributed by atoms with van der Waals surface area (Å²) in [6, 6.07) is 9.00. The Kier molecular flexibility index (Phi) is 16.8. The maximum atomic E-state index is 2.36. The van der Waals surface area contributed by atoms with Crippen LogP contribution in [0, 0.1) is 0 Å². The average molecular weight is 427 g/mol. The van der Waals surface area contributed by atoms with Crippen LogP contribution in [0.15, 0.2) is 24.3 Å². The van der Waals surface area contributed by atoms with E-state index in [-0.39, 0.29) is 12.4 Å². The monoisotopic (exact) mass is 426 g/mol. The molecule has 0 spiro atoms. The van der Waals surface area contributed by atoms with Crippen molar-refractivity contribution in [3.63, 3.8) is 0 Å². The first-order chi connectivity index (χ1) is 13.1.